The molecule has 0 saturated carbocycles. The fourth-order valence-electron chi connectivity index (χ4n) is 2.56. The smallest absolute Gasteiger partial charge is 0.0607 e. The van der Waals surface area contributed by atoms with Gasteiger partial charge in [-0.05, 0) is 38.4 Å². The van der Waals surface area contributed by atoms with Crippen LogP contribution >= 0.6 is 0 Å². The first-order chi connectivity index (χ1) is 8.24. The highest BCUT2D eigenvalue weighted by Gasteiger charge is 2.22. The highest BCUT2D eigenvalue weighted by atomic mass is 15.3. The van der Waals surface area contributed by atoms with Crippen molar-refractivity contribution in [2.24, 2.45) is 5.73 Å². The molecule has 94 valence electrons. The predicted molar refractivity (Wildman–Crippen MR) is 74.8 cm³/mol. The maximum atomic E-state index is 5.60. The van der Waals surface area contributed by atoms with E-state index in [4.69, 9.17) is 5.73 Å². The topological polar surface area (TPSA) is 32.5 Å². The van der Waals surface area contributed by atoms with Crippen LogP contribution in [0.4, 0.5) is 11.4 Å². The lowest BCUT2D eigenvalue weighted by Crippen LogP contribution is -2.44. The summed E-state index contributed by atoms with van der Waals surface area (Å²) in [5, 5.41) is 0. The molecule has 3 nitrogen and oxygen atoms in total. The quantitative estimate of drug-likeness (QED) is 0.864. The predicted octanol–water partition coefficient (Wildman–Crippen LogP) is 2.07. The fraction of sp³-hybridized carbons (Fsp3) is 0.571. The molecule has 0 fully saturated rings. The molecule has 0 amide bonds. The van der Waals surface area contributed by atoms with E-state index in [0.717, 1.165) is 26.1 Å². The number of fused-ring (bicyclic) bond motifs is 1. The summed E-state index contributed by atoms with van der Waals surface area (Å²) in [4.78, 5) is 4.85. The number of para-hydroxylation sites is 2. The Balaban J connectivity index is 2.18. The lowest BCUT2D eigenvalue weighted by molar-refractivity contribution is 0.559. The van der Waals surface area contributed by atoms with Crippen molar-refractivity contribution in [2.45, 2.75) is 25.8 Å². The van der Waals surface area contributed by atoms with E-state index in [1.807, 2.05) is 0 Å². The summed E-state index contributed by atoms with van der Waals surface area (Å²) in [6, 6.07) is 9.25. The van der Waals surface area contributed by atoms with E-state index in [9.17, 15) is 0 Å². The van der Waals surface area contributed by atoms with Gasteiger partial charge < -0.3 is 15.5 Å². The molecule has 1 aliphatic heterocycles. The minimum atomic E-state index is 0.577. The molecule has 2 N–H and O–H groups in total. The van der Waals surface area contributed by atoms with Gasteiger partial charge >= 0.3 is 0 Å². The Morgan fingerprint density at radius 1 is 1.24 bits per heavy atom. The normalized spacial score (nSPS) is 16.9. The van der Waals surface area contributed by atoms with Crippen LogP contribution in [0.25, 0.3) is 0 Å². The van der Waals surface area contributed by atoms with Gasteiger partial charge in [0, 0.05) is 26.2 Å². The molecule has 3 heteroatoms. The summed E-state index contributed by atoms with van der Waals surface area (Å²) < 4.78 is 0. The Hall–Kier alpha value is -1.22. The first-order valence-electron chi connectivity index (χ1n) is 6.51. The van der Waals surface area contributed by atoms with Gasteiger partial charge in [-0.2, -0.15) is 0 Å². The Morgan fingerprint density at radius 3 is 2.65 bits per heavy atom. The molecule has 0 radical (unpaired) electrons. The number of rotatable bonds is 4. The van der Waals surface area contributed by atoms with Crippen LogP contribution < -0.4 is 15.5 Å². The fourth-order valence-corrected chi connectivity index (χ4v) is 2.56. The molecule has 0 bridgehead atoms. The molecular formula is C14H23N3. The minimum Gasteiger partial charge on any atom is -0.371 e. The largest absolute Gasteiger partial charge is 0.371 e. The maximum absolute atomic E-state index is 5.60. The molecular weight excluding hydrogens is 210 g/mol. The third-order valence-corrected chi connectivity index (χ3v) is 3.64. The van der Waals surface area contributed by atoms with Crippen LogP contribution in [0.3, 0.4) is 0 Å². The maximum Gasteiger partial charge on any atom is 0.0607 e. The van der Waals surface area contributed by atoms with Gasteiger partial charge in [0.05, 0.1) is 11.4 Å². The van der Waals surface area contributed by atoms with Crippen molar-refractivity contribution >= 4 is 11.4 Å². The Bertz CT molecular complexity index is 364. The van der Waals surface area contributed by atoms with Crippen molar-refractivity contribution in [1.82, 2.24) is 0 Å². The second kappa shape index (κ2) is 5.41. The van der Waals surface area contributed by atoms with Gasteiger partial charge in [0.1, 0.15) is 0 Å². The van der Waals surface area contributed by atoms with Gasteiger partial charge in [0.2, 0.25) is 0 Å². The Morgan fingerprint density at radius 2 is 1.94 bits per heavy atom. The molecule has 1 atom stereocenters. The minimum absolute atomic E-state index is 0.577. The van der Waals surface area contributed by atoms with E-state index in [0.29, 0.717) is 6.04 Å². The molecule has 0 saturated heterocycles. The Kier molecular flexibility index (Phi) is 3.89. The third kappa shape index (κ3) is 2.55. The van der Waals surface area contributed by atoms with Crippen molar-refractivity contribution in [1.29, 1.82) is 0 Å². The lowest BCUT2D eigenvalue weighted by atomic mass is 10.1. The zero-order chi connectivity index (χ0) is 12.3. The SMILES string of the molecule is CC(CCCN)N1CCN(C)c2ccccc21. The van der Waals surface area contributed by atoms with Gasteiger partial charge in [0.25, 0.3) is 0 Å². The average molecular weight is 233 g/mol. The summed E-state index contributed by atoms with van der Waals surface area (Å²) in [6.07, 6.45) is 2.28. The summed E-state index contributed by atoms with van der Waals surface area (Å²) in [5.74, 6) is 0. The number of hydrogen-bond donors (Lipinski definition) is 1. The van der Waals surface area contributed by atoms with Gasteiger partial charge in [0.15, 0.2) is 0 Å². The summed E-state index contributed by atoms with van der Waals surface area (Å²) in [6.45, 7) is 5.31. The monoisotopic (exact) mass is 233 g/mol. The van der Waals surface area contributed by atoms with E-state index in [2.05, 4.69) is 48.0 Å². The molecule has 17 heavy (non-hydrogen) atoms. The van der Waals surface area contributed by atoms with Gasteiger partial charge in [-0.1, -0.05) is 12.1 Å². The van der Waals surface area contributed by atoms with Gasteiger partial charge in [-0.3, -0.25) is 0 Å². The third-order valence-electron chi connectivity index (χ3n) is 3.64. The van der Waals surface area contributed by atoms with Crippen molar-refractivity contribution in [3.8, 4) is 0 Å². The molecule has 0 aliphatic carbocycles. The average Bonchev–Trinajstić information content (AvgIpc) is 2.37. The van der Waals surface area contributed by atoms with Crippen molar-refractivity contribution in [2.75, 3.05) is 36.5 Å². The molecule has 1 aromatic rings. The first-order valence-corrected chi connectivity index (χ1v) is 6.51. The van der Waals surface area contributed by atoms with E-state index in [1.165, 1.54) is 17.8 Å². The summed E-state index contributed by atoms with van der Waals surface area (Å²) in [5.41, 5.74) is 8.31. The molecule has 1 aromatic carbocycles. The van der Waals surface area contributed by atoms with E-state index in [-0.39, 0.29) is 0 Å². The zero-order valence-corrected chi connectivity index (χ0v) is 10.9. The number of likely N-dealkylation sites (N-methyl/N-ethyl adjacent to an activating group) is 1. The Labute approximate surface area is 104 Å². The van der Waals surface area contributed by atoms with Crippen LogP contribution in [0.5, 0.6) is 0 Å². The highest BCUT2D eigenvalue weighted by molar-refractivity contribution is 5.73. The van der Waals surface area contributed by atoms with E-state index >= 15 is 0 Å². The second-order valence-electron chi connectivity index (χ2n) is 4.88. The standard InChI is InChI=1S/C14H23N3/c1-12(6-5-9-15)17-11-10-16(2)13-7-3-4-8-14(13)17/h3-4,7-8,12H,5-6,9-11,15H2,1-2H3. The number of hydrogen-bond acceptors (Lipinski definition) is 3. The highest BCUT2D eigenvalue weighted by Crippen LogP contribution is 2.33. The van der Waals surface area contributed by atoms with Crippen LogP contribution in [0.1, 0.15) is 19.8 Å². The molecule has 0 aromatic heterocycles. The van der Waals surface area contributed by atoms with Crippen LogP contribution in [0.2, 0.25) is 0 Å². The molecule has 1 unspecified atom stereocenters. The van der Waals surface area contributed by atoms with Gasteiger partial charge in [-0.15, -0.1) is 0 Å². The lowest BCUT2D eigenvalue weighted by Gasteiger charge is -2.40. The van der Waals surface area contributed by atoms with Crippen molar-refractivity contribution < 1.29 is 0 Å². The summed E-state index contributed by atoms with van der Waals surface area (Å²) in [7, 11) is 2.17. The van der Waals surface area contributed by atoms with Crippen LogP contribution in [-0.2, 0) is 0 Å². The van der Waals surface area contributed by atoms with E-state index in [1.54, 1.807) is 0 Å². The van der Waals surface area contributed by atoms with Crippen LogP contribution in [-0.4, -0.2) is 32.7 Å². The number of nitrogens with two attached hydrogens (primary N) is 1. The van der Waals surface area contributed by atoms with Crippen LogP contribution in [0, 0.1) is 0 Å². The first kappa shape index (κ1) is 12.2. The van der Waals surface area contributed by atoms with Crippen molar-refractivity contribution in [3.63, 3.8) is 0 Å². The summed E-state index contributed by atoms with van der Waals surface area (Å²) >= 11 is 0. The number of benzene rings is 1. The van der Waals surface area contributed by atoms with Crippen LogP contribution in [0.15, 0.2) is 24.3 Å². The molecule has 1 heterocycles. The molecule has 0 spiro atoms. The number of anilines is 2. The molecule has 1 aliphatic rings. The second-order valence-corrected chi connectivity index (χ2v) is 4.88. The molecule has 2 rings (SSSR count). The zero-order valence-electron chi connectivity index (χ0n) is 10.9. The van der Waals surface area contributed by atoms with E-state index < -0.39 is 0 Å². The van der Waals surface area contributed by atoms with Crippen molar-refractivity contribution in [3.05, 3.63) is 24.3 Å². The number of nitrogens with zero attached hydrogens (tertiary/aromatic N) is 2. The van der Waals surface area contributed by atoms with Gasteiger partial charge in [-0.25, -0.2) is 0 Å².